The van der Waals surface area contributed by atoms with Crippen LogP contribution in [0.1, 0.15) is 54.9 Å². The molecule has 2 amide bonds. The number of hydrogen-bond acceptors (Lipinski definition) is 7. The van der Waals surface area contributed by atoms with Crippen molar-refractivity contribution in [2.24, 2.45) is 11.8 Å². The first-order valence-corrected chi connectivity index (χ1v) is 16.3. The van der Waals surface area contributed by atoms with Crippen molar-refractivity contribution in [2.75, 3.05) is 18.1 Å². The molecule has 0 spiro atoms. The summed E-state index contributed by atoms with van der Waals surface area (Å²) in [6.45, 7) is 4.65. The van der Waals surface area contributed by atoms with Crippen LogP contribution in [0.4, 0.5) is 0 Å². The van der Waals surface area contributed by atoms with Crippen LogP contribution in [0.3, 0.4) is 0 Å². The third-order valence-corrected chi connectivity index (χ3v) is 8.61. The van der Waals surface area contributed by atoms with Gasteiger partial charge in [0, 0.05) is 11.5 Å². The van der Waals surface area contributed by atoms with Crippen molar-refractivity contribution in [3.63, 3.8) is 0 Å². The molecule has 6 atom stereocenters. The summed E-state index contributed by atoms with van der Waals surface area (Å²) < 4.78 is 0. The van der Waals surface area contributed by atoms with E-state index in [1.54, 1.807) is 0 Å². The van der Waals surface area contributed by atoms with Gasteiger partial charge in [-0.2, -0.15) is 25.3 Å². The second kappa shape index (κ2) is 19.7. The first kappa shape index (κ1) is 38.4. The lowest BCUT2D eigenvalue weighted by Crippen LogP contribution is -2.47. The first-order chi connectivity index (χ1) is 21.9. The molecule has 11 heteroatoms. The zero-order valence-corrected chi connectivity index (χ0v) is 28.0. The predicted molar refractivity (Wildman–Crippen MR) is 186 cm³/mol. The fourth-order valence-electron chi connectivity index (χ4n) is 4.60. The van der Waals surface area contributed by atoms with Crippen LogP contribution in [0.2, 0.25) is 0 Å². The van der Waals surface area contributed by atoms with Gasteiger partial charge in [-0.1, -0.05) is 98.8 Å². The molecule has 0 fully saturated rings. The lowest BCUT2D eigenvalue weighted by atomic mass is 9.88. The van der Waals surface area contributed by atoms with E-state index in [1.165, 1.54) is 24.5 Å². The van der Waals surface area contributed by atoms with E-state index in [0.717, 1.165) is 11.1 Å². The number of aliphatic hydroxyl groups excluding tert-OH is 1. The SMILES string of the molecule is CC(NC(=O)C(CS)C(C)c1ccccc1)C(=O)O.CC(c1ccccc1)C(CS)C(=O)NC(CO)C(=O)O.c1ccc2c(c1)C2. The molecule has 248 valence electrons. The largest absolute Gasteiger partial charge is 0.480 e. The number of amides is 2. The van der Waals surface area contributed by atoms with Gasteiger partial charge in [-0.3, -0.25) is 14.4 Å². The van der Waals surface area contributed by atoms with Gasteiger partial charge in [0.1, 0.15) is 12.1 Å². The van der Waals surface area contributed by atoms with Crippen LogP contribution in [0.15, 0.2) is 84.9 Å². The highest BCUT2D eigenvalue weighted by Crippen LogP contribution is 2.27. The molecule has 0 bridgehead atoms. The summed E-state index contributed by atoms with van der Waals surface area (Å²) in [4.78, 5) is 45.8. The molecule has 9 nitrogen and oxygen atoms in total. The maximum absolute atomic E-state index is 12.1. The number of nitrogens with one attached hydrogen (secondary N) is 2. The maximum Gasteiger partial charge on any atom is 0.328 e. The van der Waals surface area contributed by atoms with Crippen molar-refractivity contribution < 1.29 is 34.5 Å². The minimum atomic E-state index is -1.28. The number of carbonyl (C=O) groups excluding carboxylic acids is 2. The standard InChI is InChI=1S/C14H19NO4S.C14H19NO3S.C7H6/c1-9(10-5-3-2-4-6-10)11(8-20)13(17)15-12(7-16)14(18)19;1-9(11-6-4-3-5-7-11)12(8-19)13(16)15-10(2)14(17)18;1-2-4-7-5-6(7)3-1/h2-6,9,11-12,16,20H,7-8H2,1H3,(H,15,17)(H,18,19);3-7,9-10,12,19H,8H2,1-2H3,(H,15,16)(H,17,18);1-4H,5H2. The quantitative estimate of drug-likeness (QED) is 0.104. The van der Waals surface area contributed by atoms with Crippen molar-refractivity contribution in [1.82, 2.24) is 10.6 Å². The van der Waals surface area contributed by atoms with Crippen molar-refractivity contribution in [3.05, 3.63) is 107 Å². The zero-order valence-electron chi connectivity index (χ0n) is 26.2. The minimum absolute atomic E-state index is 0.0142. The first-order valence-electron chi connectivity index (χ1n) is 15.0. The third kappa shape index (κ3) is 12.2. The Balaban J connectivity index is 0.000000263. The van der Waals surface area contributed by atoms with Crippen LogP contribution in [0, 0.1) is 11.8 Å². The van der Waals surface area contributed by atoms with Gasteiger partial charge in [0.05, 0.1) is 18.4 Å². The molecule has 0 radical (unpaired) electrons. The molecule has 0 heterocycles. The van der Waals surface area contributed by atoms with Gasteiger partial charge in [-0.05, 0) is 47.4 Å². The molecule has 5 N–H and O–H groups in total. The molecule has 1 aliphatic carbocycles. The Labute approximate surface area is 281 Å². The van der Waals surface area contributed by atoms with E-state index in [-0.39, 0.29) is 23.7 Å². The van der Waals surface area contributed by atoms with Crippen LogP contribution in [-0.4, -0.2) is 69.3 Å². The van der Waals surface area contributed by atoms with Gasteiger partial charge in [-0.25, -0.2) is 4.79 Å². The van der Waals surface area contributed by atoms with Crippen LogP contribution in [0.5, 0.6) is 0 Å². The lowest BCUT2D eigenvalue weighted by Gasteiger charge is -2.23. The van der Waals surface area contributed by atoms with E-state index in [4.69, 9.17) is 15.3 Å². The number of aliphatic carboxylic acids is 2. The molecule has 0 aliphatic heterocycles. The molecule has 0 saturated heterocycles. The summed E-state index contributed by atoms with van der Waals surface area (Å²) in [5.41, 5.74) is 5.09. The summed E-state index contributed by atoms with van der Waals surface area (Å²) in [6.07, 6.45) is 1.24. The van der Waals surface area contributed by atoms with Crippen molar-refractivity contribution in [3.8, 4) is 0 Å². The average molecular weight is 669 g/mol. The zero-order chi connectivity index (χ0) is 34.2. The van der Waals surface area contributed by atoms with Crippen LogP contribution in [-0.2, 0) is 25.6 Å². The molecule has 3 aromatic carbocycles. The third-order valence-electron chi connectivity index (χ3n) is 7.83. The highest BCUT2D eigenvalue weighted by atomic mass is 32.1. The van der Waals surface area contributed by atoms with Gasteiger partial charge < -0.3 is 26.0 Å². The Bertz CT molecular complexity index is 1390. The normalized spacial score (nSPS) is 14.9. The molecule has 0 aromatic heterocycles. The summed E-state index contributed by atoms with van der Waals surface area (Å²) in [5.74, 6) is -3.26. The summed E-state index contributed by atoms with van der Waals surface area (Å²) >= 11 is 8.39. The number of carboxylic acid groups (broad SMARTS) is 2. The number of aliphatic hydroxyl groups is 1. The van der Waals surface area contributed by atoms with E-state index in [2.05, 4.69) is 60.2 Å². The van der Waals surface area contributed by atoms with Crippen LogP contribution < -0.4 is 10.6 Å². The molecule has 6 unspecified atom stereocenters. The summed E-state index contributed by atoms with van der Waals surface area (Å²) in [5, 5.41) is 31.4. The van der Waals surface area contributed by atoms with E-state index in [9.17, 15) is 19.2 Å². The van der Waals surface area contributed by atoms with Gasteiger partial charge in [0.2, 0.25) is 11.8 Å². The number of benzene rings is 3. The average Bonchev–Trinajstić information content (AvgIpc) is 3.85. The van der Waals surface area contributed by atoms with Gasteiger partial charge >= 0.3 is 11.9 Å². The number of carboxylic acids is 2. The monoisotopic (exact) mass is 668 g/mol. The van der Waals surface area contributed by atoms with Crippen LogP contribution in [0.25, 0.3) is 0 Å². The Kier molecular flexibility index (Phi) is 16.4. The number of thiol groups is 2. The Hall–Kier alpha value is -3.80. The number of rotatable bonds is 13. The van der Waals surface area contributed by atoms with Crippen LogP contribution >= 0.6 is 25.3 Å². The molecular formula is C35H44N2O7S2. The second-order valence-electron chi connectivity index (χ2n) is 11.1. The van der Waals surface area contributed by atoms with E-state index >= 15 is 0 Å². The lowest BCUT2D eigenvalue weighted by molar-refractivity contribution is -0.143. The number of fused-ring (bicyclic) bond motifs is 1. The highest BCUT2D eigenvalue weighted by Gasteiger charge is 2.29. The van der Waals surface area contributed by atoms with Crippen molar-refractivity contribution in [2.45, 2.75) is 51.1 Å². The predicted octanol–water partition coefficient (Wildman–Crippen LogP) is 4.41. The summed E-state index contributed by atoms with van der Waals surface area (Å²) in [6, 6.07) is 25.5. The molecular weight excluding hydrogens is 625 g/mol. The molecule has 3 aromatic rings. The minimum Gasteiger partial charge on any atom is -0.480 e. The molecule has 46 heavy (non-hydrogen) atoms. The van der Waals surface area contributed by atoms with E-state index in [1.807, 2.05) is 74.5 Å². The second-order valence-corrected chi connectivity index (χ2v) is 11.8. The molecule has 1 aliphatic rings. The van der Waals surface area contributed by atoms with Gasteiger partial charge in [-0.15, -0.1) is 0 Å². The Morgan fingerprint density at radius 3 is 1.37 bits per heavy atom. The smallest absolute Gasteiger partial charge is 0.328 e. The number of carbonyl (C=O) groups is 4. The Morgan fingerprint density at radius 1 is 0.652 bits per heavy atom. The topological polar surface area (TPSA) is 153 Å². The highest BCUT2D eigenvalue weighted by molar-refractivity contribution is 7.80. The fourth-order valence-corrected chi connectivity index (χ4v) is 5.56. The Morgan fingerprint density at radius 2 is 1.04 bits per heavy atom. The van der Waals surface area contributed by atoms with Crippen molar-refractivity contribution in [1.29, 1.82) is 0 Å². The van der Waals surface area contributed by atoms with Gasteiger partial charge in [0.25, 0.3) is 0 Å². The summed E-state index contributed by atoms with van der Waals surface area (Å²) in [7, 11) is 0. The van der Waals surface area contributed by atoms with Crippen molar-refractivity contribution >= 4 is 49.0 Å². The van der Waals surface area contributed by atoms with E-state index < -0.39 is 42.5 Å². The van der Waals surface area contributed by atoms with E-state index in [0.29, 0.717) is 11.5 Å². The number of hydrogen-bond donors (Lipinski definition) is 7. The fraction of sp³-hybridized carbons (Fsp3) is 0.371. The molecule has 0 saturated carbocycles. The maximum atomic E-state index is 12.1. The molecule has 4 rings (SSSR count). The van der Waals surface area contributed by atoms with Gasteiger partial charge in [0.15, 0.2) is 0 Å².